The Kier molecular flexibility index (Phi) is 8.35. The summed E-state index contributed by atoms with van der Waals surface area (Å²) in [6, 6.07) is 35.4. The Bertz CT molecular complexity index is 1540. The highest BCUT2D eigenvalue weighted by atomic mass is 16.1. The van der Waals surface area contributed by atoms with Crippen molar-refractivity contribution < 1.29 is 4.79 Å². The standard InChI is InChI=1S/C32H29N.C6H7NO/c1-3-10-26(11-4-1)32(27-12-5-2-6-13-27)33-22-23-15-16-25-18-19-29-28-14-8-7-9-24(28)17-20-30(29)31(25)21-23;8-6-3-1-2-4-7-5-6/h1-16,18-19,23,32-33H,17,20-22H2;1-4,7H,5H2. The lowest BCUT2D eigenvalue weighted by atomic mass is 9.78. The summed E-state index contributed by atoms with van der Waals surface area (Å²) in [5.41, 5.74) is 11.5. The van der Waals surface area contributed by atoms with E-state index in [0.717, 1.165) is 25.8 Å². The SMILES string of the molecule is C1=CC(CNC(c2ccccc2)c2ccccc2)Cc2c1ccc1c2CCc2ccccc2-1.O=C1C=CC=CNC1. The van der Waals surface area contributed by atoms with Crippen LogP contribution in [0.3, 0.4) is 0 Å². The van der Waals surface area contributed by atoms with Gasteiger partial charge < -0.3 is 10.6 Å². The van der Waals surface area contributed by atoms with Gasteiger partial charge >= 0.3 is 0 Å². The summed E-state index contributed by atoms with van der Waals surface area (Å²) in [7, 11) is 0. The van der Waals surface area contributed by atoms with Gasteiger partial charge in [-0.3, -0.25) is 4.79 Å². The molecule has 3 aliphatic rings. The first-order valence-corrected chi connectivity index (χ1v) is 14.6. The van der Waals surface area contributed by atoms with Gasteiger partial charge in [0, 0.05) is 6.54 Å². The van der Waals surface area contributed by atoms with Crippen molar-refractivity contribution in [3.8, 4) is 11.1 Å². The van der Waals surface area contributed by atoms with Crippen LogP contribution in [0.1, 0.15) is 39.4 Å². The molecule has 0 radical (unpaired) electrons. The minimum Gasteiger partial charge on any atom is -0.383 e. The van der Waals surface area contributed by atoms with E-state index in [-0.39, 0.29) is 11.8 Å². The molecule has 4 aromatic carbocycles. The number of hydrogen-bond acceptors (Lipinski definition) is 3. The Morgan fingerprint density at radius 3 is 2.24 bits per heavy atom. The Hall–Kier alpha value is -4.47. The number of aryl methyl sites for hydroxylation is 1. The highest BCUT2D eigenvalue weighted by Gasteiger charge is 2.24. The van der Waals surface area contributed by atoms with Gasteiger partial charge in [0.2, 0.25) is 0 Å². The van der Waals surface area contributed by atoms with Crippen molar-refractivity contribution in [2.45, 2.75) is 25.3 Å². The summed E-state index contributed by atoms with van der Waals surface area (Å²) in [6.07, 6.45) is 15.0. The number of hydrogen-bond donors (Lipinski definition) is 2. The molecular formula is C38H36N2O. The van der Waals surface area contributed by atoms with Gasteiger partial charge in [0.05, 0.1) is 12.6 Å². The predicted molar refractivity (Wildman–Crippen MR) is 170 cm³/mol. The lowest BCUT2D eigenvalue weighted by Crippen LogP contribution is -2.29. The van der Waals surface area contributed by atoms with Crippen LogP contribution in [-0.2, 0) is 24.1 Å². The fourth-order valence-electron chi connectivity index (χ4n) is 6.11. The molecule has 1 heterocycles. The zero-order chi connectivity index (χ0) is 27.9. The zero-order valence-electron chi connectivity index (χ0n) is 23.3. The van der Waals surface area contributed by atoms with Crippen molar-refractivity contribution in [3.63, 3.8) is 0 Å². The van der Waals surface area contributed by atoms with Gasteiger partial charge in [-0.1, -0.05) is 115 Å². The van der Waals surface area contributed by atoms with Gasteiger partial charge in [-0.05, 0) is 88.0 Å². The zero-order valence-corrected chi connectivity index (χ0v) is 23.3. The molecule has 41 heavy (non-hydrogen) atoms. The molecule has 1 unspecified atom stereocenters. The third-order valence-electron chi connectivity index (χ3n) is 8.17. The number of carbonyl (C=O) groups excluding carboxylic acids is 1. The second kappa shape index (κ2) is 12.8. The summed E-state index contributed by atoms with van der Waals surface area (Å²) in [6.45, 7) is 1.39. The van der Waals surface area contributed by atoms with Gasteiger partial charge in [0.1, 0.15) is 0 Å². The smallest absolute Gasteiger partial charge is 0.174 e. The maximum Gasteiger partial charge on any atom is 0.174 e. The van der Waals surface area contributed by atoms with E-state index < -0.39 is 0 Å². The highest BCUT2D eigenvalue weighted by molar-refractivity contribution is 5.92. The van der Waals surface area contributed by atoms with Crippen molar-refractivity contribution in [2.75, 3.05) is 13.1 Å². The molecule has 1 atom stereocenters. The molecule has 3 heteroatoms. The minimum atomic E-state index is 0.120. The second-order valence-electron chi connectivity index (χ2n) is 10.9. The molecule has 0 amide bonds. The second-order valence-corrected chi connectivity index (χ2v) is 10.9. The molecule has 4 aromatic rings. The summed E-state index contributed by atoms with van der Waals surface area (Å²) in [5, 5.41) is 6.70. The molecule has 204 valence electrons. The predicted octanol–water partition coefficient (Wildman–Crippen LogP) is 7.25. The average molecular weight is 537 g/mol. The van der Waals surface area contributed by atoms with E-state index in [0.29, 0.717) is 12.5 Å². The number of carbonyl (C=O) groups is 1. The van der Waals surface area contributed by atoms with Crippen LogP contribution in [0.4, 0.5) is 0 Å². The van der Waals surface area contributed by atoms with E-state index in [9.17, 15) is 4.79 Å². The van der Waals surface area contributed by atoms with Crippen LogP contribution in [-0.4, -0.2) is 18.9 Å². The van der Waals surface area contributed by atoms with E-state index in [1.165, 1.54) is 33.4 Å². The van der Waals surface area contributed by atoms with E-state index >= 15 is 0 Å². The van der Waals surface area contributed by atoms with Gasteiger partial charge in [0.15, 0.2) is 5.78 Å². The van der Waals surface area contributed by atoms with Crippen LogP contribution in [0.25, 0.3) is 17.2 Å². The molecule has 0 saturated carbocycles. The van der Waals surface area contributed by atoms with Gasteiger partial charge in [-0.25, -0.2) is 0 Å². The first kappa shape index (κ1) is 26.7. The normalized spacial score (nSPS) is 16.5. The van der Waals surface area contributed by atoms with Crippen molar-refractivity contribution in [3.05, 3.63) is 161 Å². The van der Waals surface area contributed by atoms with E-state index in [1.807, 2.05) is 0 Å². The summed E-state index contributed by atoms with van der Waals surface area (Å²) in [4.78, 5) is 10.5. The van der Waals surface area contributed by atoms with Crippen molar-refractivity contribution >= 4 is 11.9 Å². The third kappa shape index (κ3) is 6.32. The maximum absolute atomic E-state index is 10.5. The number of allylic oxidation sites excluding steroid dienone is 2. The lowest BCUT2D eigenvalue weighted by molar-refractivity contribution is -0.113. The molecule has 1 aliphatic heterocycles. The molecule has 0 saturated heterocycles. The van der Waals surface area contributed by atoms with E-state index in [1.54, 1.807) is 35.6 Å². The van der Waals surface area contributed by atoms with Crippen molar-refractivity contribution in [1.29, 1.82) is 0 Å². The Labute approximate surface area is 243 Å². The minimum absolute atomic E-state index is 0.120. The monoisotopic (exact) mass is 536 g/mol. The van der Waals surface area contributed by atoms with Crippen LogP contribution in [0, 0.1) is 5.92 Å². The quantitative estimate of drug-likeness (QED) is 0.282. The Morgan fingerprint density at radius 2 is 1.46 bits per heavy atom. The Morgan fingerprint density at radius 1 is 0.732 bits per heavy atom. The van der Waals surface area contributed by atoms with E-state index in [4.69, 9.17) is 0 Å². The first-order valence-electron chi connectivity index (χ1n) is 14.6. The molecule has 3 nitrogen and oxygen atoms in total. The van der Waals surface area contributed by atoms with Gasteiger partial charge in [-0.2, -0.15) is 0 Å². The molecule has 0 bridgehead atoms. The molecule has 0 fully saturated rings. The number of benzene rings is 4. The maximum atomic E-state index is 10.5. The first-order chi connectivity index (χ1) is 20.3. The van der Waals surface area contributed by atoms with E-state index in [2.05, 4.69) is 120 Å². The fraction of sp³-hybridized carbons (Fsp3) is 0.184. The number of fused-ring (bicyclic) bond motifs is 5. The number of nitrogens with one attached hydrogen (secondary N) is 2. The van der Waals surface area contributed by atoms with Crippen LogP contribution in [0.2, 0.25) is 0 Å². The summed E-state index contributed by atoms with van der Waals surface area (Å²) >= 11 is 0. The molecule has 0 aromatic heterocycles. The third-order valence-corrected chi connectivity index (χ3v) is 8.17. The van der Waals surface area contributed by atoms with Crippen LogP contribution in [0.15, 0.2) is 128 Å². The summed E-state index contributed by atoms with van der Waals surface area (Å²) < 4.78 is 0. The van der Waals surface area contributed by atoms with Crippen molar-refractivity contribution in [2.24, 2.45) is 5.92 Å². The number of ketones is 1. The van der Waals surface area contributed by atoms with Gasteiger partial charge in [0.25, 0.3) is 0 Å². The number of rotatable bonds is 5. The van der Waals surface area contributed by atoms with Crippen LogP contribution < -0.4 is 10.6 Å². The fourth-order valence-corrected chi connectivity index (χ4v) is 6.11. The Balaban J connectivity index is 0.000000328. The molecular weight excluding hydrogens is 500 g/mol. The highest BCUT2D eigenvalue weighted by Crippen LogP contribution is 2.39. The van der Waals surface area contributed by atoms with Crippen LogP contribution in [0.5, 0.6) is 0 Å². The topological polar surface area (TPSA) is 41.1 Å². The van der Waals surface area contributed by atoms with Gasteiger partial charge in [-0.15, -0.1) is 0 Å². The lowest BCUT2D eigenvalue weighted by Gasteiger charge is -2.29. The molecule has 2 aliphatic carbocycles. The van der Waals surface area contributed by atoms with Crippen LogP contribution >= 0.6 is 0 Å². The summed E-state index contributed by atoms with van der Waals surface area (Å²) in [5.74, 6) is 0.617. The molecule has 0 spiro atoms. The van der Waals surface area contributed by atoms with Crippen molar-refractivity contribution in [1.82, 2.24) is 10.6 Å². The molecule has 7 rings (SSSR count). The largest absolute Gasteiger partial charge is 0.383 e. The average Bonchev–Trinajstić information content (AvgIpc) is 3.29. The molecule has 2 N–H and O–H groups in total.